The Hall–Kier alpha value is -2.72. The third-order valence-corrected chi connectivity index (χ3v) is 13.3. The van der Waals surface area contributed by atoms with Gasteiger partial charge in [0, 0.05) is 48.4 Å². The lowest BCUT2D eigenvalue weighted by atomic mass is 10.1. The second kappa shape index (κ2) is 8.91. The van der Waals surface area contributed by atoms with Gasteiger partial charge in [0.1, 0.15) is 0 Å². The van der Waals surface area contributed by atoms with Gasteiger partial charge in [0.15, 0.2) is 10.3 Å². The van der Waals surface area contributed by atoms with Gasteiger partial charge < -0.3 is 0 Å². The highest BCUT2D eigenvalue weighted by Gasteiger charge is 2.14. The van der Waals surface area contributed by atoms with E-state index in [-0.39, 0.29) is 10.3 Å². The molecule has 0 radical (unpaired) electrons. The molecule has 0 bridgehead atoms. The molecule has 0 nitrogen and oxygen atoms in total. The van der Waals surface area contributed by atoms with E-state index in [1.54, 1.807) is 22.7 Å². The molecule has 0 unspecified atom stereocenters. The van der Waals surface area contributed by atoms with Gasteiger partial charge in [-0.3, -0.25) is 0 Å². The maximum absolute atomic E-state index is 13.5. The number of hydrogen-bond donors (Lipinski definition) is 0. The molecule has 6 aromatic heterocycles. The molecule has 8 aromatic rings. The molecule has 0 saturated heterocycles. The monoisotopic (exact) mass is 604 g/mol. The van der Waals surface area contributed by atoms with Crippen LogP contribution in [-0.2, 0) is 0 Å². The Morgan fingerprint density at radius 1 is 0.316 bits per heavy atom. The highest BCUT2D eigenvalue weighted by molar-refractivity contribution is 7.29. The maximum atomic E-state index is 13.5. The first-order chi connectivity index (χ1) is 18.6. The molecular formula is C30H14F2S6. The fraction of sp³-hybridized carbons (Fsp3) is 0. The van der Waals surface area contributed by atoms with E-state index in [1.807, 2.05) is 34.8 Å². The van der Waals surface area contributed by atoms with Gasteiger partial charge in [0.25, 0.3) is 0 Å². The molecule has 0 aliphatic heterocycles. The number of thiophene rings is 6. The summed E-state index contributed by atoms with van der Waals surface area (Å²) in [7, 11) is 0. The summed E-state index contributed by atoms with van der Waals surface area (Å²) < 4.78 is 29.5. The molecule has 0 aliphatic carbocycles. The summed E-state index contributed by atoms with van der Waals surface area (Å²) >= 11 is 9.43. The third kappa shape index (κ3) is 3.99. The lowest BCUT2D eigenvalue weighted by molar-refractivity contribution is 0.657. The van der Waals surface area contributed by atoms with Crippen LogP contribution < -0.4 is 0 Å². The fourth-order valence-electron chi connectivity index (χ4n) is 4.67. The van der Waals surface area contributed by atoms with Crippen molar-refractivity contribution in [2.24, 2.45) is 0 Å². The lowest BCUT2D eigenvalue weighted by Crippen LogP contribution is -1.72. The molecule has 0 amide bonds. The lowest BCUT2D eigenvalue weighted by Gasteiger charge is -1.99. The van der Waals surface area contributed by atoms with Crippen LogP contribution in [0, 0.1) is 10.3 Å². The van der Waals surface area contributed by atoms with Gasteiger partial charge in [-0.05, 0) is 106 Å². The van der Waals surface area contributed by atoms with Crippen molar-refractivity contribution < 1.29 is 8.78 Å². The molecular weight excluding hydrogens is 591 g/mol. The molecule has 8 rings (SSSR count). The molecule has 8 heteroatoms. The fourth-order valence-corrected chi connectivity index (χ4v) is 10.7. The number of fused-ring (bicyclic) bond motifs is 3. The standard InChI is InChI=1S/C30H14F2S6/c31-29-7-5-21(37-29)19-1-3-23(33-19)27-13-17-9-15-12-26-18(10-16(15)11-25(17)35-27)14-28(36-26)24-4-2-20(34-24)22-6-8-30(32)38-22/h1-14H. The van der Waals surface area contributed by atoms with Crippen LogP contribution >= 0.6 is 68.0 Å². The van der Waals surface area contributed by atoms with E-state index in [0.29, 0.717) is 0 Å². The number of halogens is 2. The molecule has 2 aromatic carbocycles. The first kappa shape index (κ1) is 23.2. The molecule has 0 spiro atoms. The van der Waals surface area contributed by atoms with Crippen LogP contribution in [0.25, 0.3) is 70.0 Å². The molecule has 0 atom stereocenters. The summed E-state index contributed by atoms with van der Waals surface area (Å²) in [4.78, 5) is 9.07. The zero-order valence-corrected chi connectivity index (χ0v) is 24.2. The van der Waals surface area contributed by atoms with E-state index in [4.69, 9.17) is 0 Å². The van der Waals surface area contributed by atoms with E-state index in [1.165, 1.54) is 85.3 Å². The predicted octanol–water partition coefficient (Wildman–Crippen LogP) is 12.5. The van der Waals surface area contributed by atoms with Crippen molar-refractivity contribution in [2.75, 3.05) is 0 Å². The summed E-state index contributed by atoms with van der Waals surface area (Å²) in [5.41, 5.74) is 0. The molecule has 0 N–H and O–H groups in total. The van der Waals surface area contributed by atoms with Crippen LogP contribution in [0.5, 0.6) is 0 Å². The van der Waals surface area contributed by atoms with Crippen molar-refractivity contribution in [1.29, 1.82) is 0 Å². The van der Waals surface area contributed by atoms with Gasteiger partial charge in [0.2, 0.25) is 0 Å². The Bertz CT molecular complexity index is 1910. The largest absolute Gasteiger partial charge is 0.195 e. The van der Waals surface area contributed by atoms with Crippen molar-refractivity contribution in [2.45, 2.75) is 0 Å². The Morgan fingerprint density at radius 2 is 0.684 bits per heavy atom. The SMILES string of the molecule is Fc1ccc(-c2ccc(-c3cc4cc5cc6sc(-c7ccc(-c8ccc(F)s8)s7)cc6cc5cc4s3)s2)s1. The minimum absolute atomic E-state index is 0.147. The van der Waals surface area contributed by atoms with E-state index in [0.717, 1.165) is 19.5 Å². The molecule has 6 heterocycles. The molecule has 184 valence electrons. The molecule has 0 aliphatic rings. The summed E-state index contributed by atoms with van der Waals surface area (Å²) in [6.07, 6.45) is 0. The highest BCUT2D eigenvalue weighted by atomic mass is 32.1. The Kier molecular flexibility index (Phi) is 5.44. The maximum Gasteiger partial charge on any atom is 0.177 e. The zero-order chi connectivity index (χ0) is 25.4. The first-order valence-electron chi connectivity index (χ1n) is 11.7. The van der Waals surface area contributed by atoms with E-state index < -0.39 is 0 Å². The minimum Gasteiger partial charge on any atom is -0.195 e. The summed E-state index contributed by atoms with van der Waals surface area (Å²) in [5, 5.41) is 4.68. The summed E-state index contributed by atoms with van der Waals surface area (Å²) in [6, 6.07) is 29.0. The molecule has 0 saturated carbocycles. The third-order valence-electron chi connectivity index (χ3n) is 6.44. The summed E-state index contributed by atoms with van der Waals surface area (Å²) in [6.45, 7) is 0. The number of benzene rings is 2. The van der Waals surface area contributed by atoms with Gasteiger partial charge in [-0.1, -0.05) is 0 Å². The van der Waals surface area contributed by atoms with Crippen LogP contribution in [0.3, 0.4) is 0 Å². The van der Waals surface area contributed by atoms with Crippen molar-refractivity contribution >= 4 is 99.0 Å². The van der Waals surface area contributed by atoms with Crippen molar-refractivity contribution in [3.8, 4) is 39.0 Å². The second-order valence-corrected chi connectivity index (χ2v) is 15.3. The number of hydrogen-bond acceptors (Lipinski definition) is 6. The summed E-state index contributed by atoms with van der Waals surface area (Å²) in [5.74, 6) is 0. The van der Waals surface area contributed by atoms with Crippen molar-refractivity contribution in [1.82, 2.24) is 0 Å². The number of rotatable bonds is 4. The smallest absolute Gasteiger partial charge is 0.177 e. The van der Waals surface area contributed by atoms with Gasteiger partial charge in [-0.25, -0.2) is 0 Å². The van der Waals surface area contributed by atoms with Crippen LogP contribution in [0.15, 0.2) is 84.9 Å². The average Bonchev–Trinajstić information content (AvgIpc) is 3.71. The van der Waals surface area contributed by atoms with Gasteiger partial charge >= 0.3 is 0 Å². The van der Waals surface area contributed by atoms with Gasteiger partial charge in [-0.2, -0.15) is 8.78 Å². The molecule has 38 heavy (non-hydrogen) atoms. The van der Waals surface area contributed by atoms with E-state index >= 15 is 0 Å². The van der Waals surface area contributed by atoms with E-state index in [9.17, 15) is 8.78 Å². The Balaban J connectivity index is 1.15. The van der Waals surface area contributed by atoms with Gasteiger partial charge in [0.05, 0.1) is 0 Å². The quantitative estimate of drug-likeness (QED) is 0.187. The second-order valence-electron chi connectivity index (χ2n) is 8.88. The van der Waals surface area contributed by atoms with Crippen molar-refractivity contribution in [3.63, 3.8) is 0 Å². The Labute approximate surface area is 240 Å². The zero-order valence-electron chi connectivity index (χ0n) is 19.3. The van der Waals surface area contributed by atoms with Crippen LogP contribution in [0.1, 0.15) is 0 Å². The topological polar surface area (TPSA) is 0 Å². The average molecular weight is 605 g/mol. The van der Waals surface area contributed by atoms with Crippen LogP contribution in [0.4, 0.5) is 8.78 Å². The van der Waals surface area contributed by atoms with Gasteiger partial charge in [-0.15, -0.1) is 68.0 Å². The minimum atomic E-state index is -0.147. The highest BCUT2D eigenvalue weighted by Crippen LogP contribution is 2.45. The van der Waals surface area contributed by atoms with Crippen LogP contribution in [-0.4, -0.2) is 0 Å². The predicted molar refractivity (Wildman–Crippen MR) is 168 cm³/mol. The van der Waals surface area contributed by atoms with Crippen LogP contribution in [0.2, 0.25) is 0 Å². The van der Waals surface area contributed by atoms with Crippen molar-refractivity contribution in [3.05, 3.63) is 95.2 Å². The normalized spacial score (nSPS) is 11.9. The molecule has 0 fully saturated rings. The Morgan fingerprint density at radius 3 is 1.08 bits per heavy atom. The first-order valence-corrected chi connectivity index (χ1v) is 16.6. The van der Waals surface area contributed by atoms with E-state index in [2.05, 4.69) is 60.7 Å².